The number of nitrogens with zero attached hydrogens (tertiary/aromatic N) is 4. The summed E-state index contributed by atoms with van der Waals surface area (Å²) < 4.78 is 7.19. The van der Waals surface area contributed by atoms with Crippen molar-refractivity contribution in [2.24, 2.45) is 0 Å². The molecule has 0 bridgehead atoms. The van der Waals surface area contributed by atoms with E-state index in [1.165, 1.54) is 5.69 Å². The van der Waals surface area contributed by atoms with Gasteiger partial charge in [0.05, 0.1) is 18.9 Å². The quantitative estimate of drug-likeness (QED) is 0.556. The topological polar surface area (TPSA) is 74.9 Å². The summed E-state index contributed by atoms with van der Waals surface area (Å²) in [5, 5.41) is 17.7. The first-order chi connectivity index (χ1) is 14.3. The fourth-order valence-corrected chi connectivity index (χ4v) is 3.55. The van der Waals surface area contributed by atoms with Crippen molar-refractivity contribution in [1.29, 1.82) is 0 Å². The van der Waals surface area contributed by atoms with E-state index in [0.717, 1.165) is 48.9 Å². The lowest BCUT2D eigenvalue weighted by atomic mass is 10.1. The Morgan fingerprint density at radius 3 is 2.52 bits per heavy atom. The fraction of sp³-hybridized carbons (Fsp3) is 0.182. The average molecular weight is 387 g/mol. The van der Waals surface area contributed by atoms with Gasteiger partial charge in [0.15, 0.2) is 5.65 Å². The Hall–Kier alpha value is -3.58. The van der Waals surface area contributed by atoms with Gasteiger partial charge in [0.2, 0.25) is 5.95 Å². The summed E-state index contributed by atoms with van der Waals surface area (Å²) in [4.78, 5) is 6.90. The van der Waals surface area contributed by atoms with Crippen LogP contribution in [0.3, 0.4) is 0 Å². The number of morpholine rings is 1. The number of aromatic nitrogens is 3. The molecule has 5 rings (SSSR count). The van der Waals surface area contributed by atoms with Crippen LogP contribution in [0.1, 0.15) is 0 Å². The standard InChI is InChI=1S/C22H21N5O2/c28-19-4-1-3-16(15-19)20-5-2-6-21-24-22(25-27(20)21)23-17-7-9-18(10-8-17)26-11-13-29-14-12-26/h1-10,15,28H,11-14H2,(H,23,25). The minimum atomic E-state index is 0.221. The van der Waals surface area contributed by atoms with Gasteiger partial charge in [-0.3, -0.25) is 0 Å². The molecule has 4 aromatic rings. The normalized spacial score (nSPS) is 14.3. The number of anilines is 3. The number of phenolic OH excluding ortho intramolecular Hbond substituents is 1. The third-order valence-corrected chi connectivity index (χ3v) is 5.00. The highest BCUT2D eigenvalue weighted by atomic mass is 16.5. The van der Waals surface area contributed by atoms with Crippen LogP contribution in [0.25, 0.3) is 16.9 Å². The fourth-order valence-electron chi connectivity index (χ4n) is 3.55. The van der Waals surface area contributed by atoms with Gasteiger partial charge in [0.1, 0.15) is 5.75 Å². The molecule has 1 aliphatic rings. The molecule has 2 aromatic carbocycles. The summed E-state index contributed by atoms with van der Waals surface area (Å²) in [5.74, 6) is 0.745. The van der Waals surface area contributed by atoms with Crippen LogP contribution in [0, 0.1) is 0 Å². The molecule has 1 aliphatic heterocycles. The smallest absolute Gasteiger partial charge is 0.247 e. The second-order valence-electron chi connectivity index (χ2n) is 6.94. The van der Waals surface area contributed by atoms with Crippen molar-refractivity contribution in [3.05, 3.63) is 66.7 Å². The van der Waals surface area contributed by atoms with E-state index in [-0.39, 0.29) is 5.75 Å². The lowest BCUT2D eigenvalue weighted by Gasteiger charge is -2.28. The van der Waals surface area contributed by atoms with E-state index in [1.54, 1.807) is 16.6 Å². The van der Waals surface area contributed by atoms with Crippen LogP contribution in [0.4, 0.5) is 17.3 Å². The molecule has 29 heavy (non-hydrogen) atoms. The predicted molar refractivity (Wildman–Crippen MR) is 113 cm³/mol. The van der Waals surface area contributed by atoms with E-state index in [1.807, 2.05) is 42.5 Å². The maximum Gasteiger partial charge on any atom is 0.247 e. The van der Waals surface area contributed by atoms with Crippen LogP contribution in [-0.4, -0.2) is 46.0 Å². The molecule has 3 heterocycles. The zero-order valence-electron chi connectivity index (χ0n) is 15.8. The summed E-state index contributed by atoms with van der Waals surface area (Å²) in [6.45, 7) is 3.37. The number of ether oxygens (including phenoxy) is 1. The van der Waals surface area contributed by atoms with Crippen molar-refractivity contribution in [1.82, 2.24) is 14.6 Å². The monoisotopic (exact) mass is 387 g/mol. The Kier molecular flexibility index (Phi) is 4.50. The van der Waals surface area contributed by atoms with Crippen LogP contribution >= 0.6 is 0 Å². The lowest BCUT2D eigenvalue weighted by molar-refractivity contribution is 0.122. The molecule has 0 atom stereocenters. The van der Waals surface area contributed by atoms with Gasteiger partial charge in [-0.1, -0.05) is 18.2 Å². The van der Waals surface area contributed by atoms with E-state index in [9.17, 15) is 5.11 Å². The number of hydrogen-bond acceptors (Lipinski definition) is 6. The second kappa shape index (κ2) is 7.44. The Bertz CT molecular complexity index is 1130. The molecule has 7 heteroatoms. The third kappa shape index (κ3) is 3.60. The molecule has 0 spiro atoms. The van der Waals surface area contributed by atoms with Crippen molar-refractivity contribution in [2.75, 3.05) is 36.5 Å². The van der Waals surface area contributed by atoms with E-state index < -0.39 is 0 Å². The highest BCUT2D eigenvalue weighted by molar-refractivity contribution is 5.66. The Morgan fingerprint density at radius 2 is 1.72 bits per heavy atom. The Labute approximate surface area is 168 Å². The van der Waals surface area contributed by atoms with Crippen LogP contribution in [-0.2, 0) is 4.74 Å². The molecular weight excluding hydrogens is 366 g/mol. The summed E-state index contributed by atoms with van der Waals surface area (Å²) in [6.07, 6.45) is 0. The molecule has 0 saturated carbocycles. The molecular formula is C22H21N5O2. The molecule has 0 radical (unpaired) electrons. The summed E-state index contributed by atoms with van der Waals surface area (Å²) in [7, 11) is 0. The number of fused-ring (bicyclic) bond motifs is 1. The number of nitrogens with one attached hydrogen (secondary N) is 1. The molecule has 146 valence electrons. The van der Waals surface area contributed by atoms with Gasteiger partial charge in [-0.2, -0.15) is 4.98 Å². The predicted octanol–water partition coefficient (Wildman–Crippen LogP) is 3.68. The van der Waals surface area contributed by atoms with Gasteiger partial charge < -0.3 is 20.1 Å². The first-order valence-corrected chi connectivity index (χ1v) is 9.61. The number of phenols is 1. The van der Waals surface area contributed by atoms with Gasteiger partial charge in [-0.15, -0.1) is 5.10 Å². The van der Waals surface area contributed by atoms with Gasteiger partial charge in [-0.25, -0.2) is 4.52 Å². The van der Waals surface area contributed by atoms with E-state index in [4.69, 9.17) is 4.74 Å². The number of benzene rings is 2. The molecule has 1 saturated heterocycles. The molecule has 7 nitrogen and oxygen atoms in total. The number of hydrogen-bond donors (Lipinski definition) is 2. The van der Waals surface area contributed by atoms with E-state index in [0.29, 0.717) is 5.95 Å². The number of aromatic hydroxyl groups is 1. The molecule has 0 amide bonds. The van der Waals surface area contributed by atoms with Gasteiger partial charge in [-0.05, 0) is 48.5 Å². The van der Waals surface area contributed by atoms with Crippen molar-refractivity contribution in [3.63, 3.8) is 0 Å². The van der Waals surface area contributed by atoms with Crippen LogP contribution < -0.4 is 10.2 Å². The van der Waals surface area contributed by atoms with Crippen LogP contribution in [0.15, 0.2) is 66.7 Å². The zero-order chi connectivity index (χ0) is 19.6. The maximum atomic E-state index is 9.80. The van der Waals surface area contributed by atoms with E-state index in [2.05, 4.69) is 32.4 Å². The van der Waals surface area contributed by atoms with Crippen LogP contribution in [0.5, 0.6) is 5.75 Å². The molecule has 2 N–H and O–H groups in total. The van der Waals surface area contributed by atoms with Crippen molar-refractivity contribution < 1.29 is 9.84 Å². The van der Waals surface area contributed by atoms with Crippen LogP contribution in [0.2, 0.25) is 0 Å². The lowest BCUT2D eigenvalue weighted by Crippen LogP contribution is -2.36. The zero-order valence-corrected chi connectivity index (χ0v) is 15.8. The van der Waals surface area contributed by atoms with Crippen molar-refractivity contribution >= 4 is 23.0 Å². The largest absolute Gasteiger partial charge is 0.508 e. The second-order valence-corrected chi connectivity index (χ2v) is 6.94. The number of rotatable bonds is 4. The molecule has 2 aromatic heterocycles. The first kappa shape index (κ1) is 17.5. The molecule has 0 unspecified atom stereocenters. The van der Waals surface area contributed by atoms with Crippen molar-refractivity contribution in [2.45, 2.75) is 0 Å². The third-order valence-electron chi connectivity index (χ3n) is 5.00. The first-order valence-electron chi connectivity index (χ1n) is 9.61. The number of pyridine rings is 1. The molecule has 0 aliphatic carbocycles. The minimum Gasteiger partial charge on any atom is -0.508 e. The Morgan fingerprint density at radius 1 is 0.931 bits per heavy atom. The average Bonchev–Trinajstić information content (AvgIpc) is 3.17. The summed E-state index contributed by atoms with van der Waals surface area (Å²) in [5.41, 5.74) is 4.59. The highest BCUT2D eigenvalue weighted by Crippen LogP contribution is 2.25. The summed E-state index contributed by atoms with van der Waals surface area (Å²) in [6, 6.07) is 21.2. The Balaban J connectivity index is 1.40. The van der Waals surface area contributed by atoms with Gasteiger partial charge in [0.25, 0.3) is 0 Å². The maximum absolute atomic E-state index is 9.80. The molecule has 1 fully saturated rings. The minimum absolute atomic E-state index is 0.221. The van der Waals surface area contributed by atoms with Gasteiger partial charge >= 0.3 is 0 Å². The van der Waals surface area contributed by atoms with Crippen molar-refractivity contribution in [3.8, 4) is 17.0 Å². The SMILES string of the molecule is Oc1cccc(-c2cccc3nc(Nc4ccc(N5CCOCC5)cc4)nn23)c1. The summed E-state index contributed by atoms with van der Waals surface area (Å²) >= 11 is 0. The highest BCUT2D eigenvalue weighted by Gasteiger charge is 2.12. The van der Waals surface area contributed by atoms with E-state index >= 15 is 0 Å². The van der Waals surface area contributed by atoms with Gasteiger partial charge in [0, 0.05) is 30.0 Å².